The van der Waals surface area contributed by atoms with Crippen molar-refractivity contribution in [2.24, 2.45) is 0 Å². The second-order valence-electron chi connectivity index (χ2n) is 6.30. The fourth-order valence-electron chi connectivity index (χ4n) is 3.11. The molecule has 0 saturated carbocycles. The molecule has 1 amide bonds. The van der Waals surface area contributed by atoms with Crippen LogP contribution < -0.4 is 11.1 Å². The smallest absolute Gasteiger partial charge is 0.223 e. The highest BCUT2D eigenvalue weighted by Gasteiger charge is 2.19. The highest BCUT2D eigenvalue weighted by Crippen LogP contribution is 2.18. The van der Waals surface area contributed by atoms with Crippen LogP contribution in [0.15, 0.2) is 28.9 Å². The van der Waals surface area contributed by atoms with Crippen LogP contribution in [0.3, 0.4) is 0 Å². The normalized spacial score (nSPS) is 13.6. The topological polar surface area (TPSA) is 115 Å². The maximum atomic E-state index is 11.6. The standard InChI is InChI=1S/C17H21N7O2.2ClH/c18-17-20-12(11-19-6-3-8-23-7-1-5-15(23)25)10-14-21-16(22-24(14)17)13-4-2-9-26-13;;/h2,4,9-10,19H,1,3,5-8,11H2,(H2,18,20);2*1H. The summed E-state index contributed by atoms with van der Waals surface area (Å²) in [6.07, 6.45) is 4.16. The lowest BCUT2D eigenvalue weighted by Crippen LogP contribution is -2.28. The second-order valence-corrected chi connectivity index (χ2v) is 6.30. The van der Waals surface area contributed by atoms with Gasteiger partial charge in [-0.25, -0.2) is 9.97 Å². The van der Waals surface area contributed by atoms with Crippen LogP contribution in [0, 0.1) is 0 Å². The molecule has 1 saturated heterocycles. The molecule has 3 aromatic heterocycles. The lowest BCUT2D eigenvalue weighted by atomic mass is 10.3. The van der Waals surface area contributed by atoms with Crippen molar-refractivity contribution in [1.82, 2.24) is 29.8 Å². The average molecular weight is 428 g/mol. The highest BCUT2D eigenvalue weighted by atomic mass is 35.5. The zero-order chi connectivity index (χ0) is 17.9. The number of fused-ring (bicyclic) bond motifs is 1. The number of anilines is 1. The Kier molecular flexibility index (Phi) is 7.61. The van der Waals surface area contributed by atoms with Gasteiger partial charge >= 0.3 is 0 Å². The maximum absolute atomic E-state index is 11.6. The monoisotopic (exact) mass is 427 g/mol. The molecule has 3 aromatic rings. The molecular weight excluding hydrogens is 405 g/mol. The van der Waals surface area contributed by atoms with Gasteiger partial charge in [-0.05, 0) is 31.5 Å². The van der Waals surface area contributed by atoms with Crippen molar-refractivity contribution in [2.75, 3.05) is 25.4 Å². The van der Waals surface area contributed by atoms with Crippen LogP contribution in [0.2, 0.25) is 0 Å². The van der Waals surface area contributed by atoms with E-state index in [4.69, 9.17) is 10.2 Å². The Morgan fingerprint density at radius 2 is 2.14 bits per heavy atom. The average Bonchev–Trinajstić information content (AvgIpc) is 3.35. The molecule has 3 N–H and O–H groups in total. The van der Waals surface area contributed by atoms with Gasteiger partial charge < -0.3 is 20.4 Å². The summed E-state index contributed by atoms with van der Waals surface area (Å²) in [6.45, 7) is 3.08. The molecule has 0 spiro atoms. The van der Waals surface area contributed by atoms with Crippen LogP contribution in [0.1, 0.15) is 25.0 Å². The molecule has 0 atom stereocenters. The van der Waals surface area contributed by atoms with Gasteiger partial charge in [0.25, 0.3) is 0 Å². The van der Waals surface area contributed by atoms with E-state index in [1.54, 1.807) is 18.4 Å². The Labute approximate surface area is 174 Å². The number of halogens is 2. The summed E-state index contributed by atoms with van der Waals surface area (Å²) in [5, 5.41) is 7.66. The Morgan fingerprint density at radius 3 is 2.86 bits per heavy atom. The zero-order valence-electron chi connectivity index (χ0n) is 15.2. The van der Waals surface area contributed by atoms with Gasteiger partial charge in [0.05, 0.1) is 12.0 Å². The van der Waals surface area contributed by atoms with Gasteiger partial charge in [0.2, 0.25) is 17.7 Å². The van der Waals surface area contributed by atoms with Gasteiger partial charge in [0.15, 0.2) is 11.4 Å². The number of nitrogen functional groups attached to an aromatic ring is 1. The number of carbonyl (C=O) groups is 1. The van der Waals surface area contributed by atoms with Crippen LogP contribution in [0.4, 0.5) is 5.95 Å². The van der Waals surface area contributed by atoms with E-state index >= 15 is 0 Å². The Balaban J connectivity index is 0.00000140. The molecule has 1 aliphatic heterocycles. The van der Waals surface area contributed by atoms with E-state index in [2.05, 4.69) is 20.4 Å². The lowest BCUT2D eigenvalue weighted by molar-refractivity contribution is -0.127. The van der Waals surface area contributed by atoms with Crippen LogP contribution in [0.5, 0.6) is 0 Å². The second kappa shape index (κ2) is 9.72. The zero-order valence-corrected chi connectivity index (χ0v) is 16.8. The Hall–Kier alpha value is -2.36. The van der Waals surface area contributed by atoms with Crippen LogP contribution in [0.25, 0.3) is 17.2 Å². The SMILES string of the molecule is Cl.Cl.Nc1nc(CNCCCN2CCCC2=O)cc2nc(-c3ccco3)nn12. The molecule has 4 rings (SSSR count). The van der Waals surface area contributed by atoms with Crippen molar-refractivity contribution in [3.63, 3.8) is 0 Å². The number of rotatable bonds is 7. The molecule has 9 nitrogen and oxygen atoms in total. The molecule has 0 bridgehead atoms. The van der Waals surface area contributed by atoms with Crippen LogP contribution in [-0.2, 0) is 11.3 Å². The maximum Gasteiger partial charge on any atom is 0.223 e. The molecule has 0 aromatic carbocycles. The minimum Gasteiger partial charge on any atom is -0.461 e. The molecule has 0 unspecified atom stereocenters. The summed E-state index contributed by atoms with van der Waals surface area (Å²) in [5.74, 6) is 1.62. The number of aromatic nitrogens is 4. The summed E-state index contributed by atoms with van der Waals surface area (Å²) in [7, 11) is 0. The fraction of sp³-hybridized carbons (Fsp3) is 0.412. The number of carbonyl (C=O) groups excluding carboxylic acids is 1. The van der Waals surface area contributed by atoms with Gasteiger partial charge in [0.1, 0.15) is 0 Å². The number of amides is 1. The fourth-order valence-corrected chi connectivity index (χ4v) is 3.11. The third kappa shape index (κ3) is 4.73. The van der Waals surface area contributed by atoms with Crippen molar-refractivity contribution in [3.05, 3.63) is 30.2 Å². The first-order chi connectivity index (χ1) is 12.7. The minimum absolute atomic E-state index is 0. The number of hydrogen-bond donors (Lipinski definition) is 2. The van der Waals surface area contributed by atoms with Gasteiger partial charge in [-0.15, -0.1) is 29.9 Å². The van der Waals surface area contributed by atoms with Crippen LogP contribution >= 0.6 is 24.8 Å². The quantitative estimate of drug-likeness (QED) is 0.553. The number of furan rings is 1. The molecule has 4 heterocycles. The van der Waals surface area contributed by atoms with Crippen LogP contribution in [-0.4, -0.2) is 50.0 Å². The molecule has 1 fully saturated rings. The van der Waals surface area contributed by atoms with E-state index in [0.29, 0.717) is 30.2 Å². The van der Waals surface area contributed by atoms with E-state index in [0.717, 1.165) is 38.2 Å². The number of nitrogens with two attached hydrogens (primary N) is 1. The number of nitrogens with zero attached hydrogens (tertiary/aromatic N) is 5. The predicted molar refractivity (Wildman–Crippen MR) is 110 cm³/mol. The van der Waals surface area contributed by atoms with Gasteiger partial charge in [-0.3, -0.25) is 4.79 Å². The van der Waals surface area contributed by atoms with E-state index in [1.165, 1.54) is 4.52 Å². The Bertz CT molecular complexity index is 914. The number of likely N-dealkylation sites (tertiary alicyclic amines) is 1. The third-order valence-electron chi connectivity index (χ3n) is 4.40. The highest BCUT2D eigenvalue weighted by molar-refractivity contribution is 5.85. The summed E-state index contributed by atoms with van der Waals surface area (Å²) in [6, 6.07) is 5.44. The summed E-state index contributed by atoms with van der Waals surface area (Å²) in [5.41, 5.74) is 7.42. The molecule has 0 radical (unpaired) electrons. The molecule has 0 aliphatic carbocycles. The molecule has 28 heavy (non-hydrogen) atoms. The molecule has 1 aliphatic rings. The van der Waals surface area contributed by atoms with Crippen molar-refractivity contribution < 1.29 is 9.21 Å². The predicted octanol–water partition coefficient (Wildman–Crippen LogP) is 1.91. The first-order valence-electron chi connectivity index (χ1n) is 8.75. The van der Waals surface area contributed by atoms with Gasteiger partial charge in [-0.1, -0.05) is 0 Å². The molecule has 152 valence electrons. The molecular formula is C17H23Cl2N7O2. The summed E-state index contributed by atoms with van der Waals surface area (Å²) in [4.78, 5) is 22.3. The van der Waals surface area contributed by atoms with E-state index in [-0.39, 0.29) is 36.7 Å². The summed E-state index contributed by atoms with van der Waals surface area (Å²) < 4.78 is 6.82. The van der Waals surface area contributed by atoms with Crippen molar-refractivity contribution in [1.29, 1.82) is 0 Å². The van der Waals surface area contributed by atoms with Crippen molar-refractivity contribution in [2.45, 2.75) is 25.8 Å². The van der Waals surface area contributed by atoms with Crippen molar-refractivity contribution >= 4 is 42.3 Å². The summed E-state index contributed by atoms with van der Waals surface area (Å²) >= 11 is 0. The largest absolute Gasteiger partial charge is 0.461 e. The van der Waals surface area contributed by atoms with Gasteiger partial charge in [0, 0.05) is 32.1 Å². The first-order valence-corrected chi connectivity index (χ1v) is 8.75. The van der Waals surface area contributed by atoms with E-state index < -0.39 is 0 Å². The number of nitrogens with one attached hydrogen (secondary N) is 1. The minimum atomic E-state index is 0. The first kappa shape index (κ1) is 21.9. The lowest BCUT2D eigenvalue weighted by Gasteiger charge is -2.15. The third-order valence-corrected chi connectivity index (χ3v) is 4.40. The number of hydrogen-bond acceptors (Lipinski definition) is 7. The Morgan fingerprint density at radius 1 is 1.29 bits per heavy atom. The van der Waals surface area contributed by atoms with Gasteiger partial charge in [-0.2, -0.15) is 4.52 Å². The van der Waals surface area contributed by atoms with E-state index in [1.807, 2.05) is 11.0 Å². The van der Waals surface area contributed by atoms with E-state index in [9.17, 15) is 4.79 Å². The van der Waals surface area contributed by atoms with Crippen molar-refractivity contribution in [3.8, 4) is 11.6 Å². The molecule has 11 heteroatoms.